The molecule has 1 N–H and O–H groups in total. The molecule has 0 fully saturated rings. The fourth-order valence-electron chi connectivity index (χ4n) is 0. The van der Waals surface area contributed by atoms with Crippen LogP contribution in [-0.2, 0) is 15.2 Å². The molecular formula is C3H7NaO5S. The van der Waals surface area contributed by atoms with Gasteiger partial charge in [0.1, 0.15) is 5.78 Å². The SMILES string of the molecule is CC(C)=O.O=S(=O)([O-])O.[Na+]. The summed E-state index contributed by atoms with van der Waals surface area (Å²) in [5, 5.41) is 0. The van der Waals surface area contributed by atoms with Crippen molar-refractivity contribution in [3.8, 4) is 0 Å². The number of carbonyl (C=O) groups is 1. The van der Waals surface area contributed by atoms with Crippen molar-refractivity contribution in [1.29, 1.82) is 0 Å². The van der Waals surface area contributed by atoms with Crippen molar-refractivity contribution < 1.29 is 51.9 Å². The van der Waals surface area contributed by atoms with Gasteiger partial charge in [-0.15, -0.1) is 0 Å². The van der Waals surface area contributed by atoms with E-state index in [1.807, 2.05) is 0 Å². The molecule has 0 saturated heterocycles. The molecule has 0 unspecified atom stereocenters. The molecule has 0 atom stereocenters. The number of Topliss-reactive ketones (excluding diaryl/α,β-unsaturated/α-hetero) is 1. The summed E-state index contributed by atoms with van der Waals surface area (Å²) >= 11 is 0. The van der Waals surface area contributed by atoms with Crippen LogP contribution in [0.15, 0.2) is 0 Å². The van der Waals surface area contributed by atoms with E-state index in [0.717, 1.165) is 0 Å². The molecule has 0 spiro atoms. The molecule has 0 rings (SSSR count). The van der Waals surface area contributed by atoms with Crippen molar-refractivity contribution in [2.75, 3.05) is 0 Å². The van der Waals surface area contributed by atoms with Crippen molar-refractivity contribution in [2.45, 2.75) is 13.8 Å². The van der Waals surface area contributed by atoms with Crippen LogP contribution in [0.5, 0.6) is 0 Å². The number of hydrogen-bond donors (Lipinski definition) is 1. The van der Waals surface area contributed by atoms with Gasteiger partial charge in [0.25, 0.3) is 0 Å². The molecule has 5 nitrogen and oxygen atoms in total. The molecule has 0 aliphatic rings. The molecule has 0 aromatic carbocycles. The molecule has 0 aliphatic carbocycles. The van der Waals surface area contributed by atoms with E-state index in [1.165, 1.54) is 13.8 Å². The molecule has 0 heterocycles. The Bertz CT molecular complexity index is 159. The van der Waals surface area contributed by atoms with Gasteiger partial charge in [-0.1, -0.05) is 0 Å². The fourth-order valence-corrected chi connectivity index (χ4v) is 0. The van der Waals surface area contributed by atoms with Crippen LogP contribution in [0.25, 0.3) is 0 Å². The van der Waals surface area contributed by atoms with Gasteiger partial charge in [0.15, 0.2) is 0 Å². The summed E-state index contributed by atoms with van der Waals surface area (Å²) in [6.07, 6.45) is 0. The molecule has 0 saturated carbocycles. The smallest absolute Gasteiger partial charge is 0.726 e. The summed E-state index contributed by atoms with van der Waals surface area (Å²) in [5.41, 5.74) is 0. The molecule has 0 aromatic rings. The largest absolute Gasteiger partial charge is 1.00 e. The number of ketones is 1. The maximum Gasteiger partial charge on any atom is 1.00 e. The molecule has 0 bridgehead atoms. The molecule has 7 heteroatoms. The van der Waals surface area contributed by atoms with Crippen LogP contribution >= 0.6 is 0 Å². The van der Waals surface area contributed by atoms with E-state index in [9.17, 15) is 4.79 Å². The van der Waals surface area contributed by atoms with Gasteiger partial charge in [-0.2, -0.15) is 0 Å². The second kappa shape index (κ2) is 7.64. The summed E-state index contributed by atoms with van der Waals surface area (Å²) in [6, 6.07) is 0. The third-order valence-electron chi connectivity index (χ3n) is 0. The van der Waals surface area contributed by atoms with E-state index < -0.39 is 10.4 Å². The molecule has 0 amide bonds. The van der Waals surface area contributed by atoms with Crippen molar-refractivity contribution in [3.05, 3.63) is 0 Å². The van der Waals surface area contributed by atoms with Gasteiger partial charge in [-0.3, -0.25) is 4.55 Å². The molecule has 0 radical (unpaired) electrons. The van der Waals surface area contributed by atoms with Crippen LogP contribution in [0.1, 0.15) is 13.8 Å². The Morgan fingerprint density at radius 3 is 1.40 bits per heavy atom. The maximum absolute atomic E-state index is 9.44. The maximum atomic E-state index is 9.44. The Labute approximate surface area is 81.7 Å². The van der Waals surface area contributed by atoms with E-state index in [2.05, 4.69) is 0 Å². The molecule has 56 valence electrons. The van der Waals surface area contributed by atoms with E-state index in [0.29, 0.717) is 0 Å². The minimum Gasteiger partial charge on any atom is -0.726 e. The Hall–Kier alpha value is 0.540. The molecule has 0 aromatic heterocycles. The van der Waals surface area contributed by atoms with Crippen LogP contribution in [0.2, 0.25) is 0 Å². The quantitative estimate of drug-likeness (QED) is 0.237. The average molecular weight is 178 g/mol. The second-order valence-electron chi connectivity index (χ2n) is 1.34. The van der Waals surface area contributed by atoms with Crippen molar-refractivity contribution in [1.82, 2.24) is 0 Å². The Balaban J connectivity index is -0.0000000910. The van der Waals surface area contributed by atoms with Crippen molar-refractivity contribution in [3.63, 3.8) is 0 Å². The predicted octanol–water partition coefficient (Wildman–Crippen LogP) is -3.40. The predicted molar refractivity (Wildman–Crippen MR) is 28.7 cm³/mol. The number of rotatable bonds is 0. The van der Waals surface area contributed by atoms with Gasteiger partial charge >= 0.3 is 29.6 Å². The summed E-state index contributed by atoms with van der Waals surface area (Å²) in [6.45, 7) is 3.06. The Morgan fingerprint density at radius 1 is 1.40 bits per heavy atom. The first kappa shape index (κ1) is 16.9. The average Bonchev–Trinajstić information content (AvgIpc) is 1.19. The minimum absolute atomic E-state index is 0. The van der Waals surface area contributed by atoms with Crippen LogP contribution in [0.4, 0.5) is 0 Å². The summed E-state index contributed by atoms with van der Waals surface area (Å²) in [5.74, 6) is 0.167. The third kappa shape index (κ3) is 1660. The van der Waals surface area contributed by atoms with Gasteiger partial charge in [0.05, 0.1) is 0 Å². The monoisotopic (exact) mass is 178 g/mol. The summed E-state index contributed by atoms with van der Waals surface area (Å²) < 4.78 is 32.8. The first-order valence-corrected chi connectivity index (χ1v) is 3.25. The Morgan fingerprint density at radius 2 is 1.40 bits per heavy atom. The van der Waals surface area contributed by atoms with Crippen LogP contribution in [0.3, 0.4) is 0 Å². The van der Waals surface area contributed by atoms with Gasteiger partial charge in [-0.05, 0) is 13.8 Å². The third-order valence-corrected chi connectivity index (χ3v) is 0. The fraction of sp³-hybridized carbons (Fsp3) is 0.667. The zero-order valence-electron chi connectivity index (χ0n) is 5.99. The van der Waals surface area contributed by atoms with Gasteiger partial charge in [-0.25, -0.2) is 8.42 Å². The van der Waals surface area contributed by atoms with Crippen LogP contribution in [-0.4, -0.2) is 23.3 Å². The van der Waals surface area contributed by atoms with E-state index >= 15 is 0 Å². The van der Waals surface area contributed by atoms with E-state index in [-0.39, 0.29) is 35.3 Å². The van der Waals surface area contributed by atoms with Gasteiger partial charge in [0, 0.05) is 0 Å². The first-order valence-electron chi connectivity index (χ1n) is 1.89. The first-order chi connectivity index (χ1) is 3.73. The summed E-state index contributed by atoms with van der Waals surface area (Å²) in [4.78, 5) is 9.44. The topological polar surface area (TPSA) is 94.5 Å². The molecular weight excluding hydrogens is 171 g/mol. The minimum atomic E-state index is -4.92. The van der Waals surface area contributed by atoms with E-state index in [4.69, 9.17) is 17.5 Å². The number of hydrogen-bond acceptors (Lipinski definition) is 4. The zero-order valence-corrected chi connectivity index (χ0v) is 8.80. The van der Waals surface area contributed by atoms with Crippen LogP contribution in [0, 0.1) is 0 Å². The Kier molecular flexibility index (Phi) is 12.9. The van der Waals surface area contributed by atoms with Gasteiger partial charge in [0.2, 0.25) is 10.4 Å². The molecule has 0 aliphatic heterocycles. The standard InChI is InChI=1S/C3H6O.Na.H2O4S/c1-3(2)4;;1-5(2,3)4/h1-2H3;;(H2,1,2,3,4)/q;+1;/p-1. The van der Waals surface area contributed by atoms with Crippen LogP contribution < -0.4 is 29.6 Å². The van der Waals surface area contributed by atoms with E-state index in [1.54, 1.807) is 0 Å². The zero-order chi connectivity index (χ0) is 8.08. The van der Waals surface area contributed by atoms with Gasteiger partial charge < -0.3 is 9.35 Å². The number of carbonyl (C=O) groups excluding carboxylic acids is 1. The van der Waals surface area contributed by atoms with Crippen molar-refractivity contribution in [2.24, 2.45) is 0 Å². The second-order valence-corrected chi connectivity index (χ2v) is 2.19. The molecule has 10 heavy (non-hydrogen) atoms. The normalized spacial score (nSPS) is 8.40. The van der Waals surface area contributed by atoms with Crippen molar-refractivity contribution >= 4 is 16.2 Å². The summed E-state index contributed by atoms with van der Waals surface area (Å²) in [7, 11) is -4.92.